The molecule has 0 saturated carbocycles. The van der Waals surface area contributed by atoms with Crippen LogP contribution in [0.25, 0.3) is 33.2 Å². The van der Waals surface area contributed by atoms with Crippen LogP contribution in [0.1, 0.15) is 63.6 Å². The Morgan fingerprint density at radius 1 is 0.667 bits per heavy atom. The molecule has 0 bridgehead atoms. The van der Waals surface area contributed by atoms with Crippen molar-refractivity contribution in [2.45, 2.75) is 57.8 Å². The van der Waals surface area contributed by atoms with Crippen molar-refractivity contribution in [1.29, 1.82) is 0 Å². The molecular weight excluding hydrogens is 476 g/mol. The Balaban J connectivity index is 1.58. The van der Waals surface area contributed by atoms with Gasteiger partial charge < -0.3 is 4.57 Å². The minimum Gasteiger partial charge on any atom is -0.309 e. The summed E-state index contributed by atoms with van der Waals surface area (Å²) in [6, 6.07) is 33.0. The Labute approximate surface area is 230 Å². The number of nitrogens with zero attached hydrogens (tertiary/aromatic N) is 4. The number of hydrogen-bond acceptors (Lipinski definition) is 2. The normalized spacial score (nSPS) is 11.9. The summed E-state index contributed by atoms with van der Waals surface area (Å²) < 4.78 is 4.35. The van der Waals surface area contributed by atoms with Crippen LogP contribution in [-0.2, 0) is 5.41 Å². The molecule has 0 spiro atoms. The molecule has 3 aromatic heterocycles. The van der Waals surface area contributed by atoms with E-state index in [9.17, 15) is 0 Å². The summed E-state index contributed by atoms with van der Waals surface area (Å²) >= 11 is 0. The summed E-state index contributed by atoms with van der Waals surface area (Å²) in [5, 5.41) is 7.00. The van der Waals surface area contributed by atoms with Gasteiger partial charge in [-0.25, -0.2) is 4.68 Å². The Hall–Kier alpha value is -4.18. The summed E-state index contributed by atoms with van der Waals surface area (Å²) in [6.07, 6.45) is 12.7. The molecule has 0 aliphatic carbocycles. The SMILES string of the molecule is CCCCC(CCCC)(c1cccc(-n2c3ccccc3c3ccc(-n4cccn4)cc32)c1)c1ccccn1. The maximum atomic E-state index is 4.95. The molecule has 4 nitrogen and oxygen atoms in total. The van der Waals surface area contributed by atoms with Crippen molar-refractivity contribution in [3.63, 3.8) is 0 Å². The van der Waals surface area contributed by atoms with E-state index in [0.717, 1.165) is 18.5 Å². The van der Waals surface area contributed by atoms with E-state index >= 15 is 0 Å². The predicted octanol–water partition coefficient (Wildman–Crippen LogP) is 9.03. The van der Waals surface area contributed by atoms with Crippen molar-refractivity contribution in [2.75, 3.05) is 0 Å². The molecule has 0 unspecified atom stereocenters. The first-order valence-electron chi connectivity index (χ1n) is 14.3. The average Bonchev–Trinajstić information content (AvgIpc) is 3.65. The molecular formula is C35H36N4. The molecule has 0 N–H and O–H groups in total. The van der Waals surface area contributed by atoms with Crippen LogP contribution in [0.5, 0.6) is 0 Å². The van der Waals surface area contributed by atoms with Gasteiger partial charge >= 0.3 is 0 Å². The first-order valence-corrected chi connectivity index (χ1v) is 14.3. The van der Waals surface area contributed by atoms with Crippen LogP contribution in [0.15, 0.2) is 110 Å². The molecule has 39 heavy (non-hydrogen) atoms. The second-order valence-corrected chi connectivity index (χ2v) is 10.6. The van der Waals surface area contributed by atoms with Crippen LogP contribution in [0.3, 0.4) is 0 Å². The van der Waals surface area contributed by atoms with Crippen molar-refractivity contribution >= 4 is 21.8 Å². The number of para-hydroxylation sites is 1. The number of rotatable bonds is 10. The highest BCUT2D eigenvalue weighted by atomic mass is 15.3. The third kappa shape index (κ3) is 4.54. The number of hydrogen-bond donors (Lipinski definition) is 0. The summed E-state index contributed by atoms with van der Waals surface area (Å²) in [6.45, 7) is 4.57. The van der Waals surface area contributed by atoms with Gasteiger partial charge in [0.25, 0.3) is 0 Å². The number of benzene rings is 3. The number of fused-ring (bicyclic) bond motifs is 3. The zero-order chi connectivity index (χ0) is 26.7. The highest BCUT2D eigenvalue weighted by Crippen LogP contribution is 2.42. The van der Waals surface area contributed by atoms with Gasteiger partial charge in [0.2, 0.25) is 0 Å². The van der Waals surface area contributed by atoms with Crippen molar-refractivity contribution < 1.29 is 0 Å². The number of unbranched alkanes of at least 4 members (excludes halogenated alkanes) is 2. The lowest BCUT2D eigenvalue weighted by molar-refractivity contribution is 0.396. The topological polar surface area (TPSA) is 35.6 Å². The molecule has 0 amide bonds. The van der Waals surface area contributed by atoms with E-state index in [1.807, 2.05) is 35.4 Å². The van der Waals surface area contributed by atoms with Gasteiger partial charge in [-0.3, -0.25) is 4.98 Å². The van der Waals surface area contributed by atoms with Crippen molar-refractivity contribution in [2.24, 2.45) is 0 Å². The summed E-state index contributed by atoms with van der Waals surface area (Å²) in [4.78, 5) is 4.95. The highest BCUT2D eigenvalue weighted by Gasteiger charge is 2.34. The Kier molecular flexibility index (Phi) is 7.02. The zero-order valence-electron chi connectivity index (χ0n) is 22.9. The fraction of sp³-hybridized carbons (Fsp3) is 0.257. The Morgan fingerprint density at radius 3 is 2.21 bits per heavy atom. The summed E-state index contributed by atoms with van der Waals surface area (Å²) in [7, 11) is 0. The summed E-state index contributed by atoms with van der Waals surface area (Å²) in [5.41, 5.74) is 7.08. The monoisotopic (exact) mass is 512 g/mol. The largest absolute Gasteiger partial charge is 0.309 e. The van der Waals surface area contributed by atoms with E-state index in [1.165, 1.54) is 64.4 Å². The van der Waals surface area contributed by atoms with E-state index in [1.54, 1.807) is 0 Å². The van der Waals surface area contributed by atoms with Crippen molar-refractivity contribution in [3.05, 3.63) is 121 Å². The Bertz CT molecular complexity index is 1670. The first kappa shape index (κ1) is 25.1. The quantitative estimate of drug-likeness (QED) is 0.183. The molecule has 0 saturated heterocycles. The van der Waals surface area contributed by atoms with E-state index in [0.29, 0.717) is 0 Å². The van der Waals surface area contributed by atoms with Crippen LogP contribution >= 0.6 is 0 Å². The molecule has 4 heteroatoms. The molecule has 6 aromatic rings. The van der Waals surface area contributed by atoms with Gasteiger partial charge in [-0.1, -0.05) is 82.0 Å². The number of aromatic nitrogens is 4. The molecule has 0 radical (unpaired) electrons. The molecule has 196 valence electrons. The molecule has 0 aliphatic rings. The molecule has 0 aliphatic heterocycles. The lowest BCUT2D eigenvalue weighted by atomic mass is 9.70. The van der Waals surface area contributed by atoms with E-state index in [4.69, 9.17) is 4.98 Å². The Morgan fingerprint density at radius 2 is 1.46 bits per heavy atom. The molecule has 3 aromatic carbocycles. The van der Waals surface area contributed by atoms with Crippen LogP contribution in [0, 0.1) is 0 Å². The van der Waals surface area contributed by atoms with Gasteiger partial charge in [0, 0.05) is 40.5 Å². The zero-order valence-corrected chi connectivity index (χ0v) is 22.9. The van der Waals surface area contributed by atoms with Gasteiger partial charge in [-0.05, 0) is 66.9 Å². The van der Waals surface area contributed by atoms with Crippen LogP contribution < -0.4 is 0 Å². The minimum absolute atomic E-state index is 0.109. The number of pyridine rings is 1. The lowest BCUT2D eigenvalue weighted by Crippen LogP contribution is -2.29. The minimum atomic E-state index is -0.109. The molecule has 6 rings (SSSR count). The standard InChI is InChI=1S/C35H36N4/c1-3-5-20-35(21-6-4-2,34-17-9-10-22-36-34)27-13-11-14-29(25-27)39-32-16-8-7-15-30(32)31-19-18-28(26-33(31)39)38-24-12-23-37-38/h7-19,22-26H,3-6,20-21H2,1-2H3. The van der Waals surface area contributed by atoms with E-state index in [2.05, 4.69) is 102 Å². The van der Waals surface area contributed by atoms with Crippen molar-refractivity contribution in [1.82, 2.24) is 19.3 Å². The highest BCUT2D eigenvalue weighted by molar-refractivity contribution is 6.09. The van der Waals surface area contributed by atoms with Crippen LogP contribution in [-0.4, -0.2) is 19.3 Å². The second kappa shape index (κ2) is 10.9. The third-order valence-electron chi connectivity index (χ3n) is 8.15. The van der Waals surface area contributed by atoms with Gasteiger partial charge in [0.1, 0.15) is 0 Å². The smallest absolute Gasteiger partial charge is 0.0666 e. The van der Waals surface area contributed by atoms with Crippen LogP contribution in [0.2, 0.25) is 0 Å². The maximum Gasteiger partial charge on any atom is 0.0666 e. The van der Waals surface area contributed by atoms with Crippen molar-refractivity contribution in [3.8, 4) is 11.4 Å². The fourth-order valence-electron chi connectivity index (χ4n) is 6.16. The summed E-state index contributed by atoms with van der Waals surface area (Å²) in [5.74, 6) is 0. The molecule has 3 heterocycles. The fourth-order valence-corrected chi connectivity index (χ4v) is 6.16. The first-order chi connectivity index (χ1) is 19.2. The maximum absolute atomic E-state index is 4.95. The molecule has 0 fully saturated rings. The van der Waals surface area contributed by atoms with Gasteiger partial charge in [-0.15, -0.1) is 0 Å². The predicted molar refractivity (Wildman–Crippen MR) is 162 cm³/mol. The van der Waals surface area contributed by atoms with E-state index < -0.39 is 0 Å². The van der Waals surface area contributed by atoms with Crippen LogP contribution in [0.4, 0.5) is 0 Å². The van der Waals surface area contributed by atoms with Gasteiger partial charge in [-0.2, -0.15) is 5.10 Å². The van der Waals surface area contributed by atoms with Gasteiger partial charge in [0.05, 0.1) is 22.4 Å². The molecule has 0 atom stereocenters. The second-order valence-electron chi connectivity index (χ2n) is 10.6. The third-order valence-corrected chi connectivity index (χ3v) is 8.15. The van der Waals surface area contributed by atoms with E-state index in [-0.39, 0.29) is 5.41 Å². The lowest BCUT2D eigenvalue weighted by Gasteiger charge is -2.35. The average molecular weight is 513 g/mol. The van der Waals surface area contributed by atoms with Gasteiger partial charge in [0.15, 0.2) is 0 Å².